The van der Waals surface area contributed by atoms with Crippen molar-refractivity contribution < 1.29 is 9.57 Å². The molecule has 2 aromatic carbocycles. The SMILES string of the molecule is CONc1ccccc1.COc1cccc(N)c1. The molecule has 0 saturated heterocycles. The largest absolute Gasteiger partial charge is 0.497 e. The van der Waals surface area contributed by atoms with Crippen LogP contribution in [0, 0.1) is 0 Å². The summed E-state index contributed by atoms with van der Waals surface area (Å²) in [6.07, 6.45) is 0. The van der Waals surface area contributed by atoms with Crippen molar-refractivity contribution in [1.29, 1.82) is 0 Å². The van der Waals surface area contributed by atoms with Gasteiger partial charge in [-0.2, -0.15) is 0 Å². The standard InChI is InChI=1S/2C7H9NO/c1-9-7-4-2-3-6(8)5-7;1-9-8-7-5-3-2-4-6-7/h2-5H,8H2,1H3;2-6,8H,1H3. The fourth-order valence-corrected chi connectivity index (χ4v) is 1.27. The average Bonchev–Trinajstić information content (AvgIpc) is 2.41. The zero-order valence-electron chi connectivity index (χ0n) is 10.6. The third-order valence-corrected chi connectivity index (χ3v) is 2.09. The van der Waals surface area contributed by atoms with Gasteiger partial charge in [-0.3, -0.25) is 10.3 Å². The number of rotatable bonds is 3. The van der Waals surface area contributed by atoms with E-state index in [2.05, 4.69) is 10.3 Å². The molecule has 18 heavy (non-hydrogen) atoms. The molecule has 0 aliphatic carbocycles. The molecule has 0 aliphatic heterocycles. The van der Waals surface area contributed by atoms with Crippen LogP contribution in [0.5, 0.6) is 5.75 Å². The summed E-state index contributed by atoms with van der Waals surface area (Å²) < 4.78 is 4.92. The van der Waals surface area contributed by atoms with Gasteiger partial charge in [0, 0.05) is 11.8 Å². The summed E-state index contributed by atoms with van der Waals surface area (Å²) in [5.41, 5.74) is 9.86. The van der Waals surface area contributed by atoms with E-state index in [9.17, 15) is 0 Å². The van der Waals surface area contributed by atoms with Crippen LogP contribution in [0.3, 0.4) is 0 Å². The molecule has 0 saturated carbocycles. The molecule has 4 heteroatoms. The molecular formula is C14H18N2O2. The predicted molar refractivity (Wildman–Crippen MR) is 74.5 cm³/mol. The monoisotopic (exact) mass is 246 g/mol. The minimum atomic E-state index is 0.731. The van der Waals surface area contributed by atoms with Crippen molar-refractivity contribution in [2.75, 3.05) is 25.4 Å². The van der Waals surface area contributed by atoms with Crippen LogP contribution in [0.2, 0.25) is 0 Å². The van der Waals surface area contributed by atoms with Gasteiger partial charge in [0.1, 0.15) is 5.75 Å². The summed E-state index contributed by atoms with van der Waals surface area (Å²) in [7, 11) is 3.21. The first-order valence-electron chi connectivity index (χ1n) is 5.50. The number of hydrogen-bond donors (Lipinski definition) is 2. The zero-order valence-corrected chi connectivity index (χ0v) is 10.6. The second kappa shape index (κ2) is 7.97. The Hall–Kier alpha value is -2.20. The van der Waals surface area contributed by atoms with Gasteiger partial charge in [0.25, 0.3) is 0 Å². The molecule has 3 N–H and O–H groups in total. The smallest absolute Gasteiger partial charge is 0.120 e. The molecule has 2 aromatic rings. The number of nitrogen functional groups attached to an aromatic ring is 1. The molecule has 96 valence electrons. The first kappa shape index (κ1) is 13.9. The number of methoxy groups -OCH3 is 1. The van der Waals surface area contributed by atoms with E-state index >= 15 is 0 Å². The second-order valence-electron chi connectivity index (χ2n) is 3.45. The lowest BCUT2D eigenvalue weighted by Gasteiger charge is -1.99. The molecule has 4 nitrogen and oxygen atoms in total. The maximum absolute atomic E-state index is 5.45. The fourth-order valence-electron chi connectivity index (χ4n) is 1.27. The Labute approximate surface area is 107 Å². The summed E-state index contributed by atoms with van der Waals surface area (Å²) in [5.74, 6) is 0.801. The molecule has 0 unspecified atom stereocenters. The van der Waals surface area contributed by atoms with Gasteiger partial charge in [-0.05, 0) is 24.3 Å². The Bertz CT molecular complexity index is 447. The van der Waals surface area contributed by atoms with Crippen LogP contribution in [-0.4, -0.2) is 14.2 Å². The van der Waals surface area contributed by atoms with Gasteiger partial charge in [-0.1, -0.05) is 24.3 Å². The Morgan fingerprint density at radius 2 is 1.67 bits per heavy atom. The maximum Gasteiger partial charge on any atom is 0.120 e. The summed E-state index contributed by atoms with van der Waals surface area (Å²) in [5, 5.41) is 0. The van der Waals surface area contributed by atoms with Crippen LogP contribution < -0.4 is 16.0 Å². The zero-order chi connectivity index (χ0) is 13.2. The quantitative estimate of drug-likeness (QED) is 0.646. The van der Waals surface area contributed by atoms with Gasteiger partial charge in [-0.25, -0.2) is 0 Å². The minimum absolute atomic E-state index is 0.731. The van der Waals surface area contributed by atoms with Crippen molar-refractivity contribution in [3.8, 4) is 5.75 Å². The molecule has 0 fully saturated rings. The lowest BCUT2D eigenvalue weighted by Crippen LogP contribution is -1.93. The summed E-state index contributed by atoms with van der Waals surface area (Å²) >= 11 is 0. The van der Waals surface area contributed by atoms with Gasteiger partial charge < -0.3 is 10.5 Å². The summed E-state index contributed by atoms with van der Waals surface area (Å²) in [6.45, 7) is 0. The van der Waals surface area contributed by atoms with E-state index in [1.165, 1.54) is 0 Å². The minimum Gasteiger partial charge on any atom is -0.497 e. The van der Waals surface area contributed by atoms with Gasteiger partial charge in [0.2, 0.25) is 0 Å². The van der Waals surface area contributed by atoms with Crippen LogP contribution >= 0.6 is 0 Å². The molecule has 0 aliphatic rings. The van der Waals surface area contributed by atoms with Crippen molar-refractivity contribution in [1.82, 2.24) is 0 Å². The fraction of sp³-hybridized carbons (Fsp3) is 0.143. The Morgan fingerprint density at radius 3 is 2.17 bits per heavy atom. The van der Waals surface area contributed by atoms with Gasteiger partial charge in [-0.15, -0.1) is 0 Å². The van der Waals surface area contributed by atoms with E-state index in [4.69, 9.17) is 10.5 Å². The van der Waals surface area contributed by atoms with Crippen LogP contribution in [0.15, 0.2) is 54.6 Å². The third-order valence-electron chi connectivity index (χ3n) is 2.09. The average molecular weight is 246 g/mol. The molecule has 0 heterocycles. The topological polar surface area (TPSA) is 56.5 Å². The van der Waals surface area contributed by atoms with E-state index in [1.807, 2.05) is 48.5 Å². The highest BCUT2D eigenvalue weighted by Crippen LogP contribution is 2.12. The normalized spacial score (nSPS) is 9.00. The summed E-state index contributed by atoms with van der Waals surface area (Å²) in [6, 6.07) is 17.0. The first-order valence-corrected chi connectivity index (χ1v) is 5.50. The van der Waals surface area contributed by atoms with E-state index < -0.39 is 0 Å². The van der Waals surface area contributed by atoms with E-state index in [0.717, 1.165) is 17.1 Å². The van der Waals surface area contributed by atoms with Gasteiger partial charge in [0.05, 0.1) is 19.9 Å². The Balaban J connectivity index is 0.000000180. The number of hydrogen-bond acceptors (Lipinski definition) is 4. The Kier molecular flexibility index (Phi) is 6.14. The van der Waals surface area contributed by atoms with Gasteiger partial charge >= 0.3 is 0 Å². The highest BCUT2D eigenvalue weighted by molar-refractivity contribution is 5.43. The van der Waals surface area contributed by atoms with Crippen molar-refractivity contribution in [3.05, 3.63) is 54.6 Å². The molecule has 0 spiro atoms. The van der Waals surface area contributed by atoms with Crippen molar-refractivity contribution in [2.45, 2.75) is 0 Å². The van der Waals surface area contributed by atoms with Crippen molar-refractivity contribution in [3.63, 3.8) is 0 Å². The predicted octanol–water partition coefficient (Wildman–Crippen LogP) is 2.94. The Morgan fingerprint density at radius 1 is 0.944 bits per heavy atom. The molecule has 0 radical (unpaired) electrons. The maximum atomic E-state index is 5.45. The second-order valence-corrected chi connectivity index (χ2v) is 3.45. The van der Waals surface area contributed by atoms with E-state index in [-0.39, 0.29) is 0 Å². The molecule has 0 amide bonds. The van der Waals surface area contributed by atoms with Gasteiger partial charge in [0.15, 0.2) is 0 Å². The number of para-hydroxylation sites is 1. The third kappa shape index (κ3) is 5.23. The first-order chi connectivity index (χ1) is 8.76. The highest BCUT2D eigenvalue weighted by atomic mass is 16.6. The van der Waals surface area contributed by atoms with Crippen LogP contribution in [-0.2, 0) is 4.84 Å². The summed E-state index contributed by atoms with van der Waals surface area (Å²) in [4.78, 5) is 4.68. The lowest BCUT2D eigenvalue weighted by atomic mass is 10.3. The molecule has 0 atom stereocenters. The number of benzene rings is 2. The number of ether oxygens (including phenoxy) is 1. The van der Waals surface area contributed by atoms with Crippen LogP contribution in [0.1, 0.15) is 0 Å². The van der Waals surface area contributed by atoms with E-state index in [1.54, 1.807) is 20.3 Å². The molecule has 2 rings (SSSR count). The van der Waals surface area contributed by atoms with Crippen LogP contribution in [0.25, 0.3) is 0 Å². The number of nitrogens with two attached hydrogens (primary N) is 1. The highest BCUT2D eigenvalue weighted by Gasteiger charge is 1.87. The lowest BCUT2D eigenvalue weighted by molar-refractivity contribution is 0.271. The van der Waals surface area contributed by atoms with Crippen molar-refractivity contribution in [2.24, 2.45) is 0 Å². The molecular weight excluding hydrogens is 228 g/mol. The number of anilines is 2. The molecule has 0 bridgehead atoms. The van der Waals surface area contributed by atoms with E-state index in [0.29, 0.717) is 0 Å². The molecule has 0 aromatic heterocycles. The van der Waals surface area contributed by atoms with Crippen molar-refractivity contribution >= 4 is 11.4 Å². The number of nitrogens with one attached hydrogen (secondary N) is 1. The van der Waals surface area contributed by atoms with Crippen LogP contribution in [0.4, 0.5) is 11.4 Å².